The number of anilines is 1. The largest absolute Gasteiger partial charge is 0.494 e. The highest BCUT2D eigenvalue weighted by Crippen LogP contribution is 2.34. The second-order valence-corrected chi connectivity index (χ2v) is 10.1. The molecule has 6 radical (unpaired) electrons. The number of hydrogen-bond donors (Lipinski definition) is 0. The summed E-state index contributed by atoms with van der Waals surface area (Å²) in [6, 6.07) is 5.49. The minimum Gasteiger partial charge on any atom is -0.494 e. The Morgan fingerprint density at radius 1 is 0.974 bits per heavy atom. The molecule has 2 aliphatic rings. The van der Waals surface area contributed by atoms with Crippen molar-refractivity contribution in [3.05, 3.63) is 48.8 Å². The van der Waals surface area contributed by atoms with Crippen molar-refractivity contribution in [3.63, 3.8) is 0 Å². The van der Waals surface area contributed by atoms with Crippen molar-refractivity contribution in [2.45, 2.75) is 24.1 Å². The number of piperidine rings is 1. The van der Waals surface area contributed by atoms with Crippen LogP contribution in [0, 0.1) is 5.82 Å². The number of halogens is 1. The number of aromatic nitrogens is 4. The molecule has 0 unspecified atom stereocenters. The number of nitrogens with zero attached hydrogens (tertiary/aromatic N) is 7. The maximum absolute atomic E-state index is 14.2. The number of piperazine rings is 1. The van der Waals surface area contributed by atoms with E-state index in [1.807, 2.05) is 27.9 Å². The summed E-state index contributed by atoms with van der Waals surface area (Å²) in [6.07, 6.45) is 9.54. The van der Waals surface area contributed by atoms with Gasteiger partial charge in [-0.1, -0.05) is 5.24 Å². The van der Waals surface area contributed by atoms with E-state index in [9.17, 15) is 4.39 Å². The molecular formula is C26H27B3FN7O. The van der Waals surface area contributed by atoms with Crippen LogP contribution in [-0.2, 0) is 0 Å². The molecule has 4 aromatic rings. The molecule has 0 amide bonds. The molecule has 0 bridgehead atoms. The molecule has 2 fully saturated rings. The summed E-state index contributed by atoms with van der Waals surface area (Å²) >= 11 is 0. The van der Waals surface area contributed by atoms with Gasteiger partial charge in [0, 0.05) is 68.5 Å². The van der Waals surface area contributed by atoms with Crippen LogP contribution in [-0.4, -0.2) is 111 Å². The van der Waals surface area contributed by atoms with Gasteiger partial charge in [0.05, 0.1) is 60.4 Å². The minimum absolute atomic E-state index is 0.176. The number of pyridine rings is 1. The molecule has 1 aromatic carbocycles. The van der Waals surface area contributed by atoms with Crippen molar-refractivity contribution in [2.75, 3.05) is 51.3 Å². The predicted molar refractivity (Wildman–Crippen MR) is 149 cm³/mol. The summed E-state index contributed by atoms with van der Waals surface area (Å²) in [5.41, 5.74) is 4.05. The Balaban J connectivity index is 1.18. The summed E-state index contributed by atoms with van der Waals surface area (Å²) in [5.74, 6) is -0.267. The SMILES string of the molecule is [B]C([B])([B])N1CCN(C2CCN(c3cnc4c(-c5ccnc6cc(F)c(OC)cc56)cnn4c3)CC2)CC1. The Morgan fingerprint density at radius 3 is 2.45 bits per heavy atom. The maximum atomic E-state index is 14.2. The fraction of sp³-hybridized carbons (Fsp3) is 0.423. The third-order valence-corrected chi connectivity index (χ3v) is 7.86. The van der Waals surface area contributed by atoms with E-state index in [4.69, 9.17) is 33.3 Å². The third-order valence-electron chi connectivity index (χ3n) is 7.86. The van der Waals surface area contributed by atoms with Crippen LogP contribution in [0.15, 0.2) is 43.0 Å². The Hall–Kier alpha value is -3.11. The zero-order valence-electron chi connectivity index (χ0n) is 21.4. The highest BCUT2D eigenvalue weighted by Gasteiger charge is 2.30. The highest BCUT2D eigenvalue weighted by atomic mass is 19.1. The normalized spacial score (nSPS) is 18.4. The predicted octanol–water partition coefficient (Wildman–Crippen LogP) is 1.80. The van der Waals surface area contributed by atoms with Gasteiger partial charge in [-0.2, -0.15) is 5.10 Å². The van der Waals surface area contributed by atoms with Crippen LogP contribution < -0.4 is 9.64 Å². The second-order valence-electron chi connectivity index (χ2n) is 10.1. The number of methoxy groups -OCH3 is 1. The van der Waals surface area contributed by atoms with Crippen LogP contribution in [0.1, 0.15) is 12.8 Å². The molecule has 0 aliphatic carbocycles. The Bertz CT molecular complexity index is 1460. The van der Waals surface area contributed by atoms with Crippen LogP contribution in [0.4, 0.5) is 10.1 Å². The monoisotopic (exact) mass is 505 g/mol. The van der Waals surface area contributed by atoms with Gasteiger partial charge in [-0.25, -0.2) is 13.9 Å². The first kappa shape index (κ1) is 25.2. The molecular weight excluding hydrogens is 478 g/mol. The topological polar surface area (TPSA) is 62.0 Å². The summed E-state index contributed by atoms with van der Waals surface area (Å²) in [4.78, 5) is 15.9. The zero-order chi connectivity index (χ0) is 26.4. The van der Waals surface area contributed by atoms with Crippen molar-refractivity contribution in [2.24, 2.45) is 0 Å². The van der Waals surface area contributed by atoms with Crippen molar-refractivity contribution >= 4 is 45.8 Å². The fourth-order valence-corrected chi connectivity index (χ4v) is 5.72. The number of fused-ring (bicyclic) bond motifs is 2. The molecule has 5 heterocycles. The Morgan fingerprint density at radius 2 is 1.74 bits per heavy atom. The Kier molecular flexibility index (Phi) is 6.56. The summed E-state index contributed by atoms with van der Waals surface area (Å²) in [7, 11) is 19.0. The van der Waals surface area contributed by atoms with E-state index >= 15 is 0 Å². The lowest BCUT2D eigenvalue weighted by atomic mass is 9.48. The first-order chi connectivity index (χ1) is 18.3. The van der Waals surface area contributed by atoms with Gasteiger partial charge in [-0.15, -0.1) is 0 Å². The van der Waals surface area contributed by atoms with Crippen LogP contribution >= 0.6 is 0 Å². The van der Waals surface area contributed by atoms with E-state index in [1.54, 1.807) is 18.5 Å². The summed E-state index contributed by atoms with van der Waals surface area (Å²) in [6.45, 7) is 5.29. The van der Waals surface area contributed by atoms with Crippen molar-refractivity contribution in [1.82, 2.24) is 29.4 Å². The quantitative estimate of drug-likeness (QED) is 0.384. The van der Waals surface area contributed by atoms with Gasteiger partial charge < -0.3 is 14.5 Å². The lowest BCUT2D eigenvalue weighted by Crippen LogP contribution is -2.60. The van der Waals surface area contributed by atoms with E-state index in [-0.39, 0.29) is 5.75 Å². The molecule has 2 aliphatic heterocycles. The van der Waals surface area contributed by atoms with Crippen molar-refractivity contribution in [3.8, 4) is 16.9 Å². The molecule has 0 spiro atoms. The van der Waals surface area contributed by atoms with Crippen LogP contribution in [0.2, 0.25) is 0 Å². The first-order valence-corrected chi connectivity index (χ1v) is 12.9. The molecule has 2 saturated heterocycles. The lowest BCUT2D eigenvalue weighted by molar-refractivity contribution is 0.0831. The number of hydrogen-bond acceptors (Lipinski definition) is 7. The third kappa shape index (κ3) is 4.64. The highest BCUT2D eigenvalue weighted by molar-refractivity contribution is 6.59. The molecule has 0 N–H and O–H groups in total. The zero-order valence-corrected chi connectivity index (χ0v) is 21.4. The van der Waals surface area contributed by atoms with E-state index < -0.39 is 11.1 Å². The molecule has 3 aromatic heterocycles. The maximum Gasteiger partial charge on any atom is 0.167 e. The number of ether oxygens (including phenoxy) is 1. The van der Waals surface area contributed by atoms with Crippen LogP contribution in [0.3, 0.4) is 0 Å². The van der Waals surface area contributed by atoms with Crippen LogP contribution in [0.5, 0.6) is 5.75 Å². The molecule has 0 saturated carbocycles. The van der Waals surface area contributed by atoms with E-state index in [0.29, 0.717) is 11.6 Å². The van der Waals surface area contributed by atoms with Crippen molar-refractivity contribution in [1.29, 1.82) is 0 Å². The van der Waals surface area contributed by atoms with Crippen LogP contribution in [0.25, 0.3) is 27.7 Å². The van der Waals surface area contributed by atoms with Gasteiger partial charge in [-0.05, 0) is 30.5 Å². The van der Waals surface area contributed by atoms with Gasteiger partial charge in [0.2, 0.25) is 0 Å². The van der Waals surface area contributed by atoms with Gasteiger partial charge in [0.1, 0.15) is 0 Å². The molecule has 8 nitrogen and oxygen atoms in total. The summed E-state index contributed by atoms with van der Waals surface area (Å²) < 4.78 is 21.2. The van der Waals surface area contributed by atoms with Gasteiger partial charge in [0.25, 0.3) is 0 Å². The lowest BCUT2D eigenvalue weighted by Gasteiger charge is -2.47. The molecule has 0 atom stereocenters. The van der Waals surface area contributed by atoms with E-state index in [2.05, 4.69) is 19.9 Å². The number of rotatable bonds is 5. The average molecular weight is 505 g/mol. The average Bonchev–Trinajstić information content (AvgIpc) is 3.35. The molecule has 12 heteroatoms. The fourth-order valence-electron chi connectivity index (χ4n) is 5.72. The van der Waals surface area contributed by atoms with Gasteiger partial charge in [-0.3, -0.25) is 9.88 Å². The Labute approximate surface area is 225 Å². The molecule has 6 rings (SSSR count). The summed E-state index contributed by atoms with van der Waals surface area (Å²) in [5, 5.41) is 4.13. The van der Waals surface area contributed by atoms with Gasteiger partial charge >= 0.3 is 0 Å². The standard InChI is InChI=1S/C26H27B3FN7O/c1-38-24-12-20-19(2-5-31-23(20)13-22(24)30)21-15-33-37-16-18(14-32-25(21)37)34-6-3-17(4-7-34)35-8-10-36(11-9-35)26(27,28)29/h2,5,12-17H,3-4,6-11H2,1H3. The van der Waals surface area contributed by atoms with Crippen molar-refractivity contribution < 1.29 is 9.13 Å². The van der Waals surface area contributed by atoms with E-state index in [0.717, 1.165) is 80.0 Å². The molecule has 38 heavy (non-hydrogen) atoms. The smallest absolute Gasteiger partial charge is 0.167 e. The van der Waals surface area contributed by atoms with E-state index in [1.165, 1.54) is 13.2 Å². The minimum atomic E-state index is -1.25. The first-order valence-electron chi connectivity index (χ1n) is 12.9. The number of benzene rings is 1. The molecule has 188 valence electrons. The second kappa shape index (κ2) is 9.89. The van der Waals surface area contributed by atoms with Gasteiger partial charge in [0.15, 0.2) is 17.2 Å².